The molecule has 0 saturated carbocycles. The van der Waals surface area contributed by atoms with Crippen LogP contribution in [0.2, 0.25) is 0 Å². The van der Waals surface area contributed by atoms with Crippen LogP contribution in [-0.4, -0.2) is 83.0 Å². The lowest BCUT2D eigenvalue weighted by Gasteiger charge is -2.35. The second kappa shape index (κ2) is 8.56. The van der Waals surface area contributed by atoms with Crippen molar-refractivity contribution in [3.8, 4) is 0 Å². The fourth-order valence-corrected chi connectivity index (χ4v) is 4.39. The number of hydrogen-bond donors (Lipinski definition) is 2. The van der Waals surface area contributed by atoms with E-state index >= 15 is 0 Å². The highest BCUT2D eigenvalue weighted by molar-refractivity contribution is 6.24. The van der Waals surface area contributed by atoms with E-state index < -0.39 is 29.7 Å². The Kier molecular flexibility index (Phi) is 5.84. The molecule has 10 nitrogen and oxygen atoms in total. The molecule has 31 heavy (non-hydrogen) atoms. The van der Waals surface area contributed by atoms with Gasteiger partial charge in [0.25, 0.3) is 11.8 Å². The molecular weight excluding hydrogens is 402 g/mol. The Labute approximate surface area is 179 Å². The molecule has 0 spiro atoms. The molecule has 3 aliphatic heterocycles. The Morgan fingerprint density at radius 2 is 1.81 bits per heavy atom. The molecule has 1 unspecified atom stereocenters. The Hall–Kier alpha value is -3.11. The molecular formula is C21H25N5O5. The maximum Gasteiger partial charge on any atom is 0.262 e. The van der Waals surface area contributed by atoms with Crippen molar-refractivity contribution >= 4 is 29.5 Å². The Balaban J connectivity index is 1.49. The van der Waals surface area contributed by atoms with Crippen molar-refractivity contribution in [2.75, 3.05) is 32.7 Å². The van der Waals surface area contributed by atoms with Crippen molar-refractivity contribution in [3.05, 3.63) is 34.9 Å². The van der Waals surface area contributed by atoms with E-state index in [1.54, 1.807) is 17.0 Å². The molecule has 0 radical (unpaired) electrons. The minimum Gasteiger partial charge on any atom is -0.340 e. The van der Waals surface area contributed by atoms with Gasteiger partial charge >= 0.3 is 0 Å². The van der Waals surface area contributed by atoms with Gasteiger partial charge in [-0.1, -0.05) is 12.1 Å². The summed E-state index contributed by atoms with van der Waals surface area (Å²) in [5.74, 6) is -1.98. The molecule has 0 bridgehead atoms. The number of hydrogen-bond acceptors (Lipinski definition) is 7. The van der Waals surface area contributed by atoms with E-state index in [2.05, 4.69) is 10.2 Å². The normalized spacial score (nSPS) is 22.0. The van der Waals surface area contributed by atoms with Crippen LogP contribution < -0.4 is 11.1 Å². The summed E-state index contributed by atoms with van der Waals surface area (Å²) in [6, 6.07) is 4.15. The lowest BCUT2D eigenvalue weighted by molar-refractivity contribution is -0.136. The molecule has 3 aliphatic rings. The fourth-order valence-electron chi connectivity index (χ4n) is 4.39. The fraction of sp³-hybridized carbons (Fsp3) is 0.476. The lowest BCUT2D eigenvalue weighted by Crippen LogP contribution is -2.54. The van der Waals surface area contributed by atoms with Gasteiger partial charge in [0, 0.05) is 52.1 Å². The van der Waals surface area contributed by atoms with Gasteiger partial charge in [0.1, 0.15) is 6.04 Å². The van der Waals surface area contributed by atoms with Gasteiger partial charge in [-0.15, -0.1) is 0 Å². The SMILES string of the molecule is NCCC(=O)N1CCN(Cc2cccc3c2C(=O)N(C2CCC(=O)NC2=O)C3=O)CC1. The van der Waals surface area contributed by atoms with Gasteiger partial charge in [-0.05, 0) is 18.1 Å². The highest BCUT2D eigenvalue weighted by atomic mass is 16.2. The van der Waals surface area contributed by atoms with Crippen molar-refractivity contribution in [3.63, 3.8) is 0 Å². The van der Waals surface area contributed by atoms with Crippen LogP contribution in [0.5, 0.6) is 0 Å². The molecule has 164 valence electrons. The molecule has 3 heterocycles. The Morgan fingerprint density at radius 1 is 1.06 bits per heavy atom. The highest BCUT2D eigenvalue weighted by Gasteiger charge is 2.45. The topological polar surface area (TPSA) is 133 Å². The number of carbonyl (C=O) groups excluding carboxylic acids is 5. The third-order valence-electron chi connectivity index (χ3n) is 6.03. The molecule has 4 rings (SSSR count). The van der Waals surface area contributed by atoms with Crippen LogP contribution in [0.3, 0.4) is 0 Å². The van der Waals surface area contributed by atoms with Crippen LogP contribution in [0.25, 0.3) is 0 Å². The van der Waals surface area contributed by atoms with Gasteiger partial charge in [-0.2, -0.15) is 0 Å². The second-order valence-electron chi connectivity index (χ2n) is 7.98. The number of nitrogens with zero attached hydrogens (tertiary/aromatic N) is 3. The van der Waals surface area contributed by atoms with Crippen molar-refractivity contribution in [2.45, 2.75) is 31.8 Å². The third-order valence-corrected chi connectivity index (χ3v) is 6.03. The average molecular weight is 427 g/mol. The second-order valence-corrected chi connectivity index (χ2v) is 7.98. The smallest absolute Gasteiger partial charge is 0.262 e. The number of fused-ring (bicyclic) bond motifs is 1. The van der Waals surface area contributed by atoms with E-state index in [0.717, 1.165) is 4.90 Å². The largest absolute Gasteiger partial charge is 0.340 e. The zero-order valence-corrected chi connectivity index (χ0v) is 17.1. The number of benzene rings is 1. The van der Waals surface area contributed by atoms with Crippen LogP contribution >= 0.6 is 0 Å². The van der Waals surface area contributed by atoms with Gasteiger partial charge in [0.05, 0.1) is 11.1 Å². The summed E-state index contributed by atoms with van der Waals surface area (Å²) < 4.78 is 0. The van der Waals surface area contributed by atoms with E-state index in [1.165, 1.54) is 0 Å². The van der Waals surface area contributed by atoms with Crippen LogP contribution in [0.1, 0.15) is 45.5 Å². The first-order valence-electron chi connectivity index (χ1n) is 10.4. The van der Waals surface area contributed by atoms with E-state index in [4.69, 9.17) is 5.73 Å². The molecule has 5 amide bonds. The summed E-state index contributed by atoms with van der Waals surface area (Å²) >= 11 is 0. The van der Waals surface area contributed by atoms with Crippen molar-refractivity contribution in [1.29, 1.82) is 0 Å². The maximum absolute atomic E-state index is 13.2. The molecule has 1 aromatic carbocycles. The van der Waals surface area contributed by atoms with Gasteiger partial charge in [0.15, 0.2) is 0 Å². The number of piperazine rings is 1. The maximum atomic E-state index is 13.2. The molecule has 0 aromatic heterocycles. The number of piperidine rings is 1. The zero-order valence-electron chi connectivity index (χ0n) is 17.1. The number of nitrogens with one attached hydrogen (secondary N) is 1. The number of rotatable bonds is 5. The summed E-state index contributed by atoms with van der Waals surface area (Å²) in [5.41, 5.74) is 6.77. The van der Waals surface area contributed by atoms with Crippen molar-refractivity contribution in [2.24, 2.45) is 5.73 Å². The Morgan fingerprint density at radius 3 is 2.48 bits per heavy atom. The van der Waals surface area contributed by atoms with Gasteiger partial charge in [-0.25, -0.2) is 0 Å². The first kappa shape index (κ1) is 21.1. The molecule has 1 atom stereocenters. The summed E-state index contributed by atoms with van der Waals surface area (Å²) in [6.45, 7) is 3.27. The third kappa shape index (κ3) is 3.96. The summed E-state index contributed by atoms with van der Waals surface area (Å²) in [6.07, 6.45) is 0.549. The zero-order chi connectivity index (χ0) is 22.1. The lowest BCUT2D eigenvalue weighted by atomic mass is 10.0. The molecule has 0 aliphatic carbocycles. The number of amides is 5. The average Bonchev–Trinajstić information content (AvgIpc) is 3.00. The van der Waals surface area contributed by atoms with Crippen molar-refractivity contribution < 1.29 is 24.0 Å². The minimum atomic E-state index is -0.977. The molecule has 2 fully saturated rings. The van der Waals surface area contributed by atoms with E-state index in [0.29, 0.717) is 56.8 Å². The van der Waals surface area contributed by atoms with Crippen LogP contribution in [0, 0.1) is 0 Å². The van der Waals surface area contributed by atoms with Gasteiger partial charge < -0.3 is 10.6 Å². The molecule has 2 saturated heterocycles. The van der Waals surface area contributed by atoms with Gasteiger partial charge in [-0.3, -0.25) is 39.1 Å². The number of imide groups is 2. The van der Waals surface area contributed by atoms with Crippen LogP contribution in [0.4, 0.5) is 0 Å². The Bertz CT molecular complexity index is 953. The number of nitrogens with two attached hydrogens (primary N) is 1. The van der Waals surface area contributed by atoms with Crippen LogP contribution in [0.15, 0.2) is 18.2 Å². The summed E-state index contributed by atoms with van der Waals surface area (Å²) in [4.78, 5) is 66.7. The predicted molar refractivity (Wildman–Crippen MR) is 109 cm³/mol. The first-order chi connectivity index (χ1) is 14.9. The van der Waals surface area contributed by atoms with E-state index in [9.17, 15) is 24.0 Å². The van der Waals surface area contributed by atoms with Crippen LogP contribution in [-0.2, 0) is 20.9 Å². The van der Waals surface area contributed by atoms with E-state index in [1.807, 2.05) is 6.07 Å². The summed E-state index contributed by atoms with van der Waals surface area (Å²) in [5, 5.41) is 2.20. The highest BCUT2D eigenvalue weighted by Crippen LogP contribution is 2.30. The quantitative estimate of drug-likeness (QED) is 0.581. The standard InChI is InChI=1S/C21H25N5O5/c22-7-6-17(28)25-10-8-24(9-11-25)12-13-2-1-3-14-18(13)21(31)26(20(14)30)15-4-5-16(27)23-19(15)29/h1-3,15H,4-12,22H2,(H,23,27,29). The molecule has 10 heteroatoms. The van der Waals surface area contributed by atoms with Gasteiger partial charge in [0.2, 0.25) is 17.7 Å². The predicted octanol–water partition coefficient (Wildman–Crippen LogP) is -0.919. The van der Waals surface area contributed by atoms with Crippen molar-refractivity contribution in [1.82, 2.24) is 20.0 Å². The van der Waals surface area contributed by atoms with E-state index in [-0.39, 0.29) is 24.3 Å². The summed E-state index contributed by atoms with van der Waals surface area (Å²) in [7, 11) is 0. The minimum absolute atomic E-state index is 0.0448. The first-order valence-corrected chi connectivity index (χ1v) is 10.4. The molecule has 3 N–H and O–H groups in total. The monoisotopic (exact) mass is 427 g/mol. The molecule has 1 aromatic rings. The number of carbonyl (C=O) groups is 5.